The summed E-state index contributed by atoms with van der Waals surface area (Å²) in [6, 6.07) is 26.7. The number of nitrogens with zero attached hydrogens (tertiary/aromatic N) is 1. The quantitative estimate of drug-likeness (QED) is 0.233. The summed E-state index contributed by atoms with van der Waals surface area (Å²) in [5.41, 5.74) is 4.28. The van der Waals surface area contributed by atoms with E-state index in [1.54, 1.807) is 19.2 Å². The molecule has 1 atom stereocenters. The highest BCUT2D eigenvalue weighted by atomic mass is 35.5. The Balaban J connectivity index is 1.39. The number of fused-ring (bicyclic) bond motifs is 4. The van der Waals surface area contributed by atoms with Crippen LogP contribution in [0.25, 0.3) is 21.7 Å². The smallest absolute Gasteiger partial charge is 0.309 e. The lowest BCUT2D eigenvalue weighted by molar-refractivity contribution is -0.150. The molecule has 190 valence electrons. The van der Waals surface area contributed by atoms with Crippen molar-refractivity contribution >= 4 is 45.2 Å². The molecule has 0 radical (unpaired) electrons. The largest absolute Gasteiger partial charge is 0.497 e. The highest BCUT2D eigenvalue weighted by molar-refractivity contribution is 6.36. The van der Waals surface area contributed by atoms with Crippen molar-refractivity contribution in [1.82, 2.24) is 4.57 Å². The van der Waals surface area contributed by atoms with Crippen molar-refractivity contribution in [2.75, 3.05) is 7.11 Å². The molecule has 6 heteroatoms. The summed E-state index contributed by atoms with van der Waals surface area (Å²) in [6.07, 6.45) is 1.71. The molecular formula is C32H26ClNO4. The van der Waals surface area contributed by atoms with Gasteiger partial charge in [0.2, 0.25) is 0 Å². The Hall–Kier alpha value is -4.09. The van der Waals surface area contributed by atoms with Crippen molar-refractivity contribution in [2.24, 2.45) is 5.92 Å². The molecular weight excluding hydrogens is 498 g/mol. The van der Waals surface area contributed by atoms with Gasteiger partial charge in [0, 0.05) is 27.1 Å². The number of carbonyl (C=O) groups is 2. The lowest BCUT2D eigenvalue weighted by atomic mass is 9.86. The zero-order valence-corrected chi connectivity index (χ0v) is 21.7. The second-order valence-electron chi connectivity index (χ2n) is 9.62. The van der Waals surface area contributed by atoms with Gasteiger partial charge in [-0.1, -0.05) is 66.2 Å². The van der Waals surface area contributed by atoms with E-state index in [2.05, 4.69) is 0 Å². The molecule has 1 aromatic heterocycles. The molecule has 0 bridgehead atoms. The molecule has 4 aromatic carbocycles. The number of aromatic nitrogens is 1. The predicted octanol–water partition coefficient (Wildman–Crippen LogP) is 6.99. The topological polar surface area (TPSA) is 57.5 Å². The summed E-state index contributed by atoms with van der Waals surface area (Å²) in [5.74, 6) is 0.108. The van der Waals surface area contributed by atoms with Crippen molar-refractivity contribution in [2.45, 2.75) is 25.9 Å². The Bertz CT molecular complexity index is 1690. The Kier molecular flexibility index (Phi) is 6.38. The first-order valence-corrected chi connectivity index (χ1v) is 13.1. The van der Waals surface area contributed by atoms with Gasteiger partial charge in [0.1, 0.15) is 12.4 Å². The SMILES string of the molecule is COc1ccc2c(c1)c1c(n2C(=O)c2ccc(Cl)c3ccccc23)CCC(C(=O)OCc2ccccc2)C1. The van der Waals surface area contributed by atoms with Gasteiger partial charge >= 0.3 is 5.97 Å². The number of halogens is 1. The van der Waals surface area contributed by atoms with Crippen molar-refractivity contribution in [1.29, 1.82) is 0 Å². The molecule has 1 heterocycles. The number of carbonyl (C=O) groups excluding carboxylic acids is 2. The van der Waals surface area contributed by atoms with E-state index in [4.69, 9.17) is 21.1 Å². The van der Waals surface area contributed by atoms with E-state index >= 15 is 0 Å². The zero-order valence-electron chi connectivity index (χ0n) is 20.9. The van der Waals surface area contributed by atoms with Crippen LogP contribution in [0.3, 0.4) is 0 Å². The van der Waals surface area contributed by atoms with Gasteiger partial charge in [-0.2, -0.15) is 0 Å². The average Bonchev–Trinajstić information content (AvgIpc) is 3.29. The number of benzene rings is 4. The Morgan fingerprint density at radius 3 is 2.47 bits per heavy atom. The number of methoxy groups -OCH3 is 1. The summed E-state index contributed by atoms with van der Waals surface area (Å²) < 4.78 is 13.0. The van der Waals surface area contributed by atoms with Crippen LogP contribution in [0.5, 0.6) is 5.75 Å². The second-order valence-corrected chi connectivity index (χ2v) is 10.0. The molecule has 5 aromatic rings. The number of hydrogen-bond acceptors (Lipinski definition) is 4. The normalized spacial score (nSPS) is 14.8. The van der Waals surface area contributed by atoms with Crippen LogP contribution in [0.15, 0.2) is 84.9 Å². The molecule has 5 nitrogen and oxygen atoms in total. The van der Waals surface area contributed by atoms with Crippen molar-refractivity contribution < 1.29 is 19.1 Å². The summed E-state index contributed by atoms with van der Waals surface area (Å²) in [6.45, 7) is 0.251. The Morgan fingerprint density at radius 2 is 1.68 bits per heavy atom. The van der Waals surface area contributed by atoms with Gasteiger partial charge in [-0.25, -0.2) is 0 Å². The molecule has 0 saturated heterocycles. The number of rotatable bonds is 5. The lowest BCUT2D eigenvalue weighted by Gasteiger charge is -2.23. The Labute approximate surface area is 225 Å². The van der Waals surface area contributed by atoms with Gasteiger partial charge in [0.25, 0.3) is 5.91 Å². The summed E-state index contributed by atoms with van der Waals surface area (Å²) in [7, 11) is 1.62. The van der Waals surface area contributed by atoms with Crippen LogP contribution in [0.2, 0.25) is 5.02 Å². The van der Waals surface area contributed by atoms with Crippen molar-refractivity contribution in [3.63, 3.8) is 0 Å². The molecule has 1 unspecified atom stereocenters. The van der Waals surface area contributed by atoms with E-state index in [1.165, 1.54) is 0 Å². The first-order chi connectivity index (χ1) is 18.5. The highest BCUT2D eigenvalue weighted by Crippen LogP contribution is 2.38. The third-order valence-corrected chi connectivity index (χ3v) is 7.76. The molecule has 1 aliphatic rings. The fourth-order valence-corrected chi connectivity index (χ4v) is 5.74. The second kappa shape index (κ2) is 9.99. The molecule has 0 N–H and O–H groups in total. The first-order valence-electron chi connectivity index (χ1n) is 12.7. The van der Waals surface area contributed by atoms with E-state index in [1.807, 2.05) is 77.4 Å². The first kappa shape index (κ1) is 24.3. The van der Waals surface area contributed by atoms with Crippen LogP contribution in [0, 0.1) is 5.92 Å². The summed E-state index contributed by atoms with van der Waals surface area (Å²) in [4.78, 5) is 27.2. The average molecular weight is 524 g/mol. The molecule has 38 heavy (non-hydrogen) atoms. The van der Waals surface area contributed by atoms with Gasteiger partial charge < -0.3 is 9.47 Å². The van der Waals surface area contributed by atoms with Crippen LogP contribution in [0.1, 0.15) is 33.6 Å². The van der Waals surface area contributed by atoms with E-state index in [0.717, 1.165) is 38.5 Å². The molecule has 0 aliphatic heterocycles. The molecule has 0 amide bonds. The minimum absolute atomic E-state index is 0.112. The maximum atomic E-state index is 14.1. The van der Waals surface area contributed by atoms with Crippen LogP contribution in [-0.2, 0) is 29.0 Å². The zero-order chi connectivity index (χ0) is 26.2. The van der Waals surface area contributed by atoms with Crippen molar-refractivity contribution in [3.8, 4) is 5.75 Å². The molecule has 0 fully saturated rings. The number of esters is 1. The monoisotopic (exact) mass is 523 g/mol. The Morgan fingerprint density at radius 1 is 0.921 bits per heavy atom. The molecule has 0 spiro atoms. The maximum Gasteiger partial charge on any atom is 0.309 e. The number of hydrogen-bond donors (Lipinski definition) is 0. The summed E-state index contributed by atoms with van der Waals surface area (Å²) >= 11 is 6.44. The minimum atomic E-state index is -0.275. The minimum Gasteiger partial charge on any atom is -0.497 e. The lowest BCUT2D eigenvalue weighted by Crippen LogP contribution is -2.26. The molecule has 6 rings (SSSR count). The molecule has 0 saturated carbocycles. The van der Waals surface area contributed by atoms with E-state index in [0.29, 0.717) is 35.6 Å². The third-order valence-electron chi connectivity index (χ3n) is 7.43. The van der Waals surface area contributed by atoms with Gasteiger partial charge in [0.15, 0.2) is 0 Å². The van der Waals surface area contributed by atoms with Crippen LogP contribution >= 0.6 is 11.6 Å². The fraction of sp³-hybridized carbons (Fsp3) is 0.188. The number of ether oxygens (including phenoxy) is 2. The van der Waals surface area contributed by atoms with Crippen LogP contribution in [0.4, 0.5) is 0 Å². The van der Waals surface area contributed by atoms with Crippen molar-refractivity contribution in [3.05, 3.63) is 112 Å². The standard InChI is InChI=1S/C32H26ClNO4/c1-37-22-12-16-30-27(18-22)26-17-21(32(36)38-19-20-7-3-2-4-8-20)11-15-29(26)34(30)31(35)25-13-14-28(33)24-10-6-5-9-23(24)25/h2-10,12-14,16,18,21H,11,15,17,19H2,1H3. The highest BCUT2D eigenvalue weighted by Gasteiger charge is 2.32. The van der Waals surface area contributed by atoms with Gasteiger partial charge in [-0.3, -0.25) is 14.2 Å². The fourth-order valence-electron chi connectivity index (χ4n) is 5.51. The van der Waals surface area contributed by atoms with Crippen LogP contribution in [-0.4, -0.2) is 23.6 Å². The van der Waals surface area contributed by atoms with E-state index in [9.17, 15) is 9.59 Å². The van der Waals surface area contributed by atoms with E-state index < -0.39 is 0 Å². The third kappa shape index (κ3) is 4.23. The van der Waals surface area contributed by atoms with Gasteiger partial charge in [0.05, 0.1) is 18.5 Å². The summed E-state index contributed by atoms with van der Waals surface area (Å²) in [5, 5.41) is 3.19. The molecule has 1 aliphatic carbocycles. The predicted molar refractivity (Wildman–Crippen MR) is 149 cm³/mol. The van der Waals surface area contributed by atoms with Crippen LogP contribution < -0.4 is 4.74 Å². The maximum absolute atomic E-state index is 14.1. The van der Waals surface area contributed by atoms with Gasteiger partial charge in [-0.05, 0) is 66.1 Å². The van der Waals surface area contributed by atoms with E-state index in [-0.39, 0.29) is 24.4 Å². The van der Waals surface area contributed by atoms with Gasteiger partial charge in [-0.15, -0.1) is 0 Å².